The van der Waals surface area contributed by atoms with Gasteiger partial charge in [0.05, 0.1) is 0 Å². The Morgan fingerprint density at radius 1 is 1.35 bits per heavy atom. The zero-order valence-electron chi connectivity index (χ0n) is 10.3. The molecule has 2 atom stereocenters. The molecule has 3 heteroatoms. The van der Waals surface area contributed by atoms with Gasteiger partial charge in [0.15, 0.2) is 0 Å². The van der Waals surface area contributed by atoms with Crippen LogP contribution in [0.3, 0.4) is 0 Å². The number of benzene rings is 1. The smallest absolute Gasteiger partial charge is 0.253 e. The molecule has 0 spiro atoms. The van der Waals surface area contributed by atoms with Gasteiger partial charge in [0.1, 0.15) is 0 Å². The minimum absolute atomic E-state index is 0.183. The van der Waals surface area contributed by atoms with Crippen LogP contribution >= 0.6 is 22.6 Å². The van der Waals surface area contributed by atoms with E-state index >= 15 is 0 Å². The minimum Gasteiger partial charge on any atom is -0.338 e. The molecular weight excluding hydrogens is 325 g/mol. The summed E-state index contributed by atoms with van der Waals surface area (Å²) in [7, 11) is 0. The molecule has 0 N–H and O–H groups in total. The predicted molar refractivity (Wildman–Crippen MR) is 78.0 cm³/mol. The summed E-state index contributed by atoms with van der Waals surface area (Å²) in [5, 5.41) is 0. The van der Waals surface area contributed by atoms with E-state index in [4.69, 9.17) is 0 Å². The maximum Gasteiger partial charge on any atom is 0.253 e. The van der Waals surface area contributed by atoms with E-state index in [0.717, 1.165) is 34.6 Å². The maximum atomic E-state index is 12.3. The molecular formula is C14H18INO. The first-order valence-corrected chi connectivity index (χ1v) is 7.20. The molecule has 17 heavy (non-hydrogen) atoms. The van der Waals surface area contributed by atoms with Crippen molar-refractivity contribution in [2.75, 3.05) is 13.1 Å². The van der Waals surface area contributed by atoms with Crippen LogP contribution < -0.4 is 0 Å². The summed E-state index contributed by atoms with van der Waals surface area (Å²) < 4.78 is 1.12. The van der Waals surface area contributed by atoms with E-state index < -0.39 is 0 Å². The highest BCUT2D eigenvalue weighted by molar-refractivity contribution is 14.1. The van der Waals surface area contributed by atoms with Crippen molar-refractivity contribution < 1.29 is 4.79 Å². The van der Waals surface area contributed by atoms with E-state index in [1.807, 2.05) is 29.2 Å². The molecule has 1 saturated heterocycles. The van der Waals surface area contributed by atoms with E-state index in [-0.39, 0.29) is 5.91 Å². The number of nitrogens with zero attached hydrogens (tertiary/aromatic N) is 1. The summed E-state index contributed by atoms with van der Waals surface area (Å²) in [5.41, 5.74) is 0.818. The lowest BCUT2D eigenvalue weighted by Gasteiger charge is -2.35. The van der Waals surface area contributed by atoms with E-state index in [2.05, 4.69) is 36.4 Å². The summed E-state index contributed by atoms with van der Waals surface area (Å²) in [6.45, 7) is 6.30. The van der Waals surface area contributed by atoms with E-state index in [1.54, 1.807) is 0 Å². The number of carbonyl (C=O) groups excluding carboxylic acids is 1. The highest BCUT2D eigenvalue weighted by Gasteiger charge is 2.26. The second kappa shape index (κ2) is 5.38. The van der Waals surface area contributed by atoms with Gasteiger partial charge < -0.3 is 4.90 Å². The lowest BCUT2D eigenvalue weighted by atomic mass is 9.88. The third kappa shape index (κ3) is 3.00. The molecule has 0 aliphatic carbocycles. The molecule has 2 unspecified atom stereocenters. The van der Waals surface area contributed by atoms with Crippen LogP contribution in [0, 0.1) is 15.4 Å². The molecule has 2 rings (SSSR count). The molecule has 2 nitrogen and oxygen atoms in total. The van der Waals surface area contributed by atoms with E-state index in [9.17, 15) is 4.79 Å². The van der Waals surface area contributed by atoms with Crippen LogP contribution in [-0.2, 0) is 0 Å². The van der Waals surface area contributed by atoms with Gasteiger partial charge in [-0.15, -0.1) is 0 Å². The third-order valence-electron chi connectivity index (χ3n) is 3.69. The zero-order valence-corrected chi connectivity index (χ0v) is 12.5. The van der Waals surface area contributed by atoms with Crippen molar-refractivity contribution in [3.63, 3.8) is 0 Å². The molecule has 0 radical (unpaired) electrons. The van der Waals surface area contributed by atoms with Crippen molar-refractivity contribution >= 4 is 28.5 Å². The number of hydrogen-bond acceptors (Lipinski definition) is 1. The number of likely N-dealkylation sites (tertiary alicyclic amines) is 1. The number of carbonyl (C=O) groups is 1. The van der Waals surface area contributed by atoms with Gasteiger partial charge in [-0.05, 0) is 59.0 Å². The molecule has 92 valence electrons. The lowest BCUT2D eigenvalue weighted by molar-refractivity contribution is 0.0627. The first-order valence-electron chi connectivity index (χ1n) is 6.13. The number of amides is 1. The molecule has 1 aliphatic heterocycles. The second-order valence-electron chi connectivity index (χ2n) is 5.00. The van der Waals surface area contributed by atoms with Gasteiger partial charge in [0.25, 0.3) is 5.91 Å². The molecule has 1 fully saturated rings. The van der Waals surface area contributed by atoms with Gasteiger partial charge in [-0.25, -0.2) is 0 Å². The standard InChI is InChI=1S/C14H18INO/c1-10-6-7-16(9-11(10)2)14(17)12-4-3-5-13(15)8-12/h3-5,8,10-11H,6-7,9H2,1-2H3. The zero-order chi connectivity index (χ0) is 12.4. The highest BCUT2D eigenvalue weighted by atomic mass is 127. The third-order valence-corrected chi connectivity index (χ3v) is 4.36. The molecule has 1 aromatic carbocycles. The van der Waals surface area contributed by atoms with Crippen molar-refractivity contribution in [1.82, 2.24) is 4.90 Å². The topological polar surface area (TPSA) is 20.3 Å². The van der Waals surface area contributed by atoms with Crippen LogP contribution in [0.4, 0.5) is 0 Å². The van der Waals surface area contributed by atoms with Crippen molar-refractivity contribution in [3.8, 4) is 0 Å². The fourth-order valence-corrected chi connectivity index (χ4v) is 2.79. The molecule has 1 aliphatic rings. The Hall–Kier alpha value is -0.580. The van der Waals surface area contributed by atoms with Gasteiger partial charge in [0, 0.05) is 22.2 Å². The van der Waals surface area contributed by atoms with Crippen LogP contribution in [0.15, 0.2) is 24.3 Å². The van der Waals surface area contributed by atoms with Crippen molar-refractivity contribution in [1.29, 1.82) is 0 Å². The van der Waals surface area contributed by atoms with Crippen LogP contribution in [-0.4, -0.2) is 23.9 Å². The lowest BCUT2D eigenvalue weighted by Crippen LogP contribution is -2.42. The maximum absolute atomic E-state index is 12.3. The van der Waals surface area contributed by atoms with Crippen molar-refractivity contribution in [3.05, 3.63) is 33.4 Å². The normalized spacial score (nSPS) is 24.8. The SMILES string of the molecule is CC1CCN(C(=O)c2cccc(I)c2)CC1C. The molecule has 1 amide bonds. The summed E-state index contributed by atoms with van der Waals surface area (Å²) in [5.74, 6) is 1.52. The summed E-state index contributed by atoms with van der Waals surface area (Å²) in [4.78, 5) is 14.3. The Labute approximate surface area is 117 Å². The molecule has 1 aromatic rings. The Morgan fingerprint density at radius 3 is 2.76 bits per heavy atom. The number of piperidine rings is 1. The fourth-order valence-electron chi connectivity index (χ4n) is 2.25. The van der Waals surface area contributed by atoms with E-state index in [0.29, 0.717) is 5.92 Å². The highest BCUT2D eigenvalue weighted by Crippen LogP contribution is 2.23. The van der Waals surface area contributed by atoms with Crippen LogP contribution in [0.5, 0.6) is 0 Å². The van der Waals surface area contributed by atoms with Crippen LogP contribution in [0.1, 0.15) is 30.6 Å². The Bertz CT molecular complexity index is 418. The van der Waals surface area contributed by atoms with Gasteiger partial charge in [-0.2, -0.15) is 0 Å². The number of halogens is 1. The number of rotatable bonds is 1. The number of hydrogen-bond donors (Lipinski definition) is 0. The van der Waals surface area contributed by atoms with Gasteiger partial charge in [-0.1, -0.05) is 19.9 Å². The van der Waals surface area contributed by atoms with E-state index in [1.165, 1.54) is 0 Å². The monoisotopic (exact) mass is 343 g/mol. The van der Waals surface area contributed by atoms with Crippen LogP contribution in [0.25, 0.3) is 0 Å². The molecule has 0 saturated carbocycles. The summed E-state index contributed by atoms with van der Waals surface area (Å²) in [6, 6.07) is 7.84. The first kappa shape index (κ1) is 12.9. The predicted octanol–water partition coefficient (Wildman–Crippen LogP) is 3.41. The van der Waals surface area contributed by atoms with Gasteiger partial charge in [0.2, 0.25) is 0 Å². The minimum atomic E-state index is 0.183. The van der Waals surface area contributed by atoms with Gasteiger partial charge >= 0.3 is 0 Å². The molecule has 0 bridgehead atoms. The average molecular weight is 343 g/mol. The van der Waals surface area contributed by atoms with Crippen molar-refractivity contribution in [2.24, 2.45) is 11.8 Å². The fraction of sp³-hybridized carbons (Fsp3) is 0.500. The average Bonchev–Trinajstić information content (AvgIpc) is 2.32. The Kier molecular flexibility index (Phi) is 4.07. The second-order valence-corrected chi connectivity index (χ2v) is 6.25. The molecule has 1 heterocycles. The first-order chi connectivity index (χ1) is 8.08. The summed E-state index contributed by atoms with van der Waals surface area (Å²) in [6.07, 6.45) is 1.12. The molecule has 0 aromatic heterocycles. The Morgan fingerprint density at radius 2 is 2.12 bits per heavy atom. The largest absolute Gasteiger partial charge is 0.338 e. The summed E-state index contributed by atoms with van der Waals surface area (Å²) >= 11 is 2.25. The van der Waals surface area contributed by atoms with Gasteiger partial charge in [-0.3, -0.25) is 4.79 Å². The van der Waals surface area contributed by atoms with Crippen molar-refractivity contribution in [2.45, 2.75) is 20.3 Å². The van der Waals surface area contributed by atoms with Crippen LogP contribution in [0.2, 0.25) is 0 Å². The Balaban J connectivity index is 2.10. The quantitative estimate of drug-likeness (QED) is 0.716.